The number of benzene rings is 2. The molecule has 0 unspecified atom stereocenters. The van der Waals surface area contributed by atoms with Crippen LogP contribution < -0.4 is 15.8 Å². The highest BCUT2D eigenvalue weighted by molar-refractivity contribution is 7.25. The Morgan fingerprint density at radius 3 is 2.67 bits per heavy atom. The maximum atomic E-state index is 12.9. The van der Waals surface area contributed by atoms with E-state index in [-0.39, 0.29) is 18.0 Å². The molecule has 2 aromatic carbocycles. The molecule has 1 N–H and O–H groups in total. The first kappa shape index (κ1) is 20.1. The van der Waals surface area contributed by atoms with Gasteiger partial charge in [-0.3, -0.25) is 14.2 Å². The molecular weight excluding hydrogens is 396 g/mol. The highest BCUT2D eigenvalue weighted by atomic mass is 32.1. The van der Waals surface area contributed by atoms with Crippen LogP contribution in [0.5, 0.6) is 0 Å². The van der Waals surface area contributed by atoms with Crippen LogP contribution in [0.2, 0.25) is 0 Å². The summed E-state index contributed by atoms with van der Waals surface area (Å²) in [4.78, 5) is 32.2. The number of aromatic nitrogens is 2. The molecule has 4 rings (SSSR count). The van der Waals surface area contributed by atoms with Gasteiger partial charge in [0.2, 0.25) is 5.91 Å². The normalized spacial score (nSPS) is 11.2. The highest BCUT2D eigenvalue weighted by Gasteiger charge is 2.14. The molecule has 7 heteroatoms. The van der Waals surface area contributed by atoms with Crippen LogP contribution in [-0.4, -0.2) is 28.5 Å². The third-order valence-corrected chi connectivity index (χ3v) is 6.43. The molecule has 0 aliphatic heterocycles. The van der Waals surface area contributed by atoms with Crippen molar-refractivity contribution in [2.75, 3.05) is 23.3 Å². The van der Waals surface area contributed by atoms with Gasteiger partial charge >= 0.3 is 0 Å². The molecule has 2 heterocycles. The zero-order valence-electron chi connectivity index (χ0n) is 17.3. The molecule has 1 amide bonds. The van der Waals surface area contributed by atoms with Crippen LogP contribution in [0, 0.1) is 6.92 Å². The monoisotopic (exact) mass is 420 g/mol. The summed E-state index contributed by atoms with van der Waals surface area (Å²) >= 11 is 1.41. The molecule has 0 atom stereocenters. The minimum Gasteiger partial charge on any atom is -0.372 e. The van der Waals surface area contributed by atoms with Gasteiger partial charge in [-0.1, -0.05) is 18.2 Å². The first-order valence-corrected chi connectivity index (χ1v) is 10.9. The van der Waals surface area contributed by atoms with Gasteiger partial charge in [0.25, 0.3) is 5.56 Å². The predicted molar refractivity (Wildman–Crippen MR) is 125 cm³/mol. The van der Waals surface area contributed by atoms with Crippen molar-refractivity contribution in [2.24, 2.45) is 0 Å². The average molecular weight is 421 g/mol. The molecule has 0 bridgehead atoms. The van der Waals surface area contributed by atoms with E-state index < -0.39 is 0 Å². The Morgan fingerprint density at radius 1 is 1.17 bits per heavy atom. The van der Waals surface area contributed by atoms with Gasteiger partial charge in [-0.15, -0.1) is 11.3 Å². The van der Waals surface area contributed by atoms with Crippen LogP contribution >= 0.6 is 11.3 Å². The molecule has 30 heavy (non-hydrogen) atoms. The van der Waals surface area contributed by atoms with E-state index in [1.807, 2.05) is 43.3 Å². The van der Waals surface area contributed by atoms with Crippen molar-refractivity contribution in [2.45, 2.75) is 27.3 Å². The number of hydrogen-bond acceptors (Lipinski definition) is 5. The summed E-state index contributed by atoms with van der Waals surface area (Å²) in [5, 5.41) is 3.89. The number of aryl methyl sites for hydroxylation is 1. The first-order valence-electron chi connectivity index (χ1n) is 10.0. The fraction of sp³-hybridized carbons (Fsp3) is 0.261. The largest absolute Gasteiger partial charge is 0.372 e. The fourth-order valence-electron chi connectivity index (χ4n) is 3.65. The lowest BCUT2D eigenvalue weighted by atomic mass is 10.1. The molecule has 0 saturated carbocycles. The van der Waals surface area contributed by atoms with Gasteiger partial charge in [-0.2, -0.15) is 0 Å². The number of nitrogens with one attached hydrogen (secondary N) is 1. The molecule has 0 aliphatic rings. The Bertz CT molecular complexity index is 1290. The van der Waals surface area contributed by atoms with E-state index in [1.54, 1.807) is 0 Å². The molecule has 0 fully saturated rings. The van der Waals surface area contributed by atoms with Crippen molar-refractivity contribution in [1.82, 2.24) is 9.55 Å². The summed E-state index contributed by atoms with van der Waals surface area (Å²) in [6.07, 6.45) is 1.46. The molecule has 4 aromatic rings. The van der Waals surface area contributed by atoms with E-state index in [1.165, 1.54) is 22.2 Å². The van der Waals surface area contributed by atoms with Crippen molar-refractivity contribution < 1.29 is 4.79 Å². The summed E-state index contributed by atoms with van der Waals surface area (Å²) in [6.45, 7) is 7.99. The zero-order valence-corrected chi connectivity index (χ0v) is 18.1. The van der Waals surface area contributed by atoms with Crippen LogP contribution in [0.25, 0.3) is 20.3 Å². The lowest BCUT2D eigenvalue weighted by molar-refractivity contribution is -0.116. The Labute approximate surface area is 178 Å². The van der Waals surface area contributed by atoms with E-state index in [0.717, 1.165) is 40.1 Å². The van der Waals surface area contributed by atoms with E-state index >= 15 is 0 Å². The Hall–Kier alpha value is -3.19. The second kappa shape index (κ2) is 8.28. The van der Waals surface area contributed by atoms with Gasteiger partial charge in [-0.05, 0) is 50.6 Å². The van der Waals surface area contributed by atoms with Crippen LogP contribution in [0.4, 0.5) is 11.4 Å². The number of carbonyl (C=O) groups is 1. The standard InChI is InChI=1S/C23H24N4O2S/c1-4-26(5-2)16-10-11-18(15(3)12-16)25-20(28)13-27-14-24-21-17-8-6-7-9-19(17)30-22(21)23(27)29/h6-12,14H,4-5,13H2,1-3H3,(H,25,28). The quantitative estimate of drug-likeness (QED) is 0.502. The smallest absolute Gasteiger partial charge is 0.271 e. The second-order valence-electron chi connectivity index (χ2n) is 7.17. The van der Waals surface area contributed by atoms with Crippen molar-refractivity contribution in [3.8, 4) is 0 Å². The lowest BCUT2D eigenvalue weighted by Gasteiger charge is -2.22. The second-order valence-corrected chi connectivity index (χ2v) is 8.23. The van der Waals surface area contributed by atoms with E-state index in [2.05, 4.69) is 35.1 Å². The van der Waals surface area contributed by atoms with E-state index in [9.17, 15) is 9.59 Å². The zero-order chi connectivity index (χ0) is 21.3. The third kappa shape index (κ3) is 3.68. The number of thiophene rings is 1. The van der Waals surface area contributed by atoms with Crippen LogP contribution in [0.3, 0.4) is 0 Å². The van der Waals surface area contributed by atoms with Gasteiger partial charge in [0, 0.05) is 34.6 Å². The minimum atomic E-state index is -0.252. The summed E-state index contributed by atoms with van der Waals surface area (Å²) in [7, 11) is 0. The molecular formula is C23H24N4O2S. The van der Waals surface area contributed by atoms with Gasteiger partial charge < -0.3 is 10.2 Å². The number of amides is 1. The van der Waals surface area contributed by atoms with Gasteiger partial charge in [0.15, 0.2) is 0 Å². The average Bonchev–Trinajstić information content (AvgIpc) is 3.12. The lowest BCUT2D eigenvalue weighted by Crippen LogP contribution is -2.27. The maximum absolute atomic E-state index is 12.9. The number of hydrogen-bond donors (Lipinski definition) is 1. The summed E-state index contributed by atoms with van der Waals surface area (Å²) < 4.78 is 2.96. The van der Waals surface area contributed by atoms with Crippen molar-refractivity contribution in [3.05, 3.63) is 64.7 Å². The highest BCUT2D eigenvalue weighted by Crippen LogP contribution is 2.29. The summed E-state index contributed by atoms with van der Waals surface area (Å²) in [5.41, 5.74) is 3.37. The Balaban J connectivity index is 1.56. The molecule has 0 spiro atoms. The number of carbonyl (C=O) groups excluding carboxylic acids is 1. The van der Waals surface area contributed by atoms with Gasteiger partial charge in [-0.25, -0.2) is 4.98 Å². The van der Waals surface area contributed by atoms with E-state index in [0.29, 0.717) is 10.2 Å². The predicted octanol–water partition coefficient (Wildman–Crippen LogP) is 4.40. The summed E-state index contributed by atoms with van der Waals surface area (Å²) in [6, 6.07) is 13.8. The van der Waals surface area contributed by atoms with E-state index in [4.69, 9.17) is 0 Å². The molecule has 154 valence electrons. The maximum Gasteiger partial charge on any atom is 0.271 e. The number of nitrogens with zero attached hydrogens (tertiary/aromatic N) is 3. The molecule has 6 nitrogen and oxygen atoms in total. The minimum absolute atomic E-state index is 0.0761. The van der Waals surface area contributed by atoms with Crippen LogP contribution in [-0.2, 0) is 11.3 Å². The number of fused-ring (bicyclic) bond motifs is 3. The summed E-state index contributed by atoms with van der Waals surface area (Å²) in [5.74, 6) is -0.252. The van der Waals surface area contributed by atoms with Crippen LogP contribution in [0.1, 0.15) is 19.4 Å². The topological polar surface area (TPSA) is 67.2 Å². The van der Waals surface area contributed by atoms with Gasteiger partial charge in [0.1, 0.15) is 11.2 Å². The Kier molecular flexibility index (Phi) is 5.55. The van der Waals surface area contributed by atoms with Crippen molar-refractivity contribution in [3.63, 3.8) is 0 Å². The SMILES string of the molecule is CCN(CC)c1ccc(NC(=O)Cn2cnc3c(sc4ccccc43)c2=O)c(C)c1. The molecule has 0 saturated heterocycles. The van der Waals surface area contributed by atoms with Crippen molar-refractivity contribution in [1.29, 1.82) is 0 Å². The number of anilines is 2. The molecule has 2 aromatic heterocycles. The van der Waals surface area contributed by atoms with Crippen molar-refractivity contribution >= 4 is 48.9 Å². The fourth-order valence-corrected chi connectivity index (χ4v) is 4.75. The third-order valence-electron chi connectivity index (χ3n) is 5.28. The van der Waals surface area contributed by atoms with Gasteiger partial charge in [0.05, 0.1) is 11.8 Å². The molecule has 0 radical (unpaired) electrons. The number of rotatable bonds is 6. The first-order chi connectivity index (χ1) is 14.5. The van der Waals surface area contributed by atoms with Crippen LogP contribution in [0.15, 0.2) is 53.6 Å². The molecule has 0 aliphatic carbocycles. The Morgan fingerprint density at radius 2 is 1.93 bits per heavy atom.